The summed E-state index contributed by atoms with van der Waals surface area (Å²) in [6.07, 6.45) is 0. The highest BCUT2D eigenvalue weighted by Crippen LogP contribution is 2.32. The van der Waals surface area contributed by atoms with Gasteiger partial charge in [-0.1, -0.05) is 133 Å². The molecule has 2 aromatic heterocycles. The average Bonchev–Trinajstić information content (AvgIpc) is 3.52. The zero-order valence-electron chi connectivity index (χ0n) is 24.5. The summed E-state index contributed by atoms with van der Waals surface area (Å²) in [5.74, 6) is 1.62. The lowest BCUT2D eigenvalue weighted by Crippen LogP contribution is -1.97. The van der Waals surface area contributed by atoms with Crippen molar-refractivity contribution in [1.82, 2.24) is 19.5 Å². The summed E-state index contributed by atoms with van der Waals surface area (Å²) in [5, 5.41) is 0. The Morgan fingerprint density at radius 2 is 0.889 bits per heavy atom. The van der Waals surface area contributed by atoms with Crippen molar-refractivity contribution >= 4 is 11.0 Å². The minimum Gasteiger partial charge on any atom is -0.292 e. The van der Waals surface area contributed by atoms with Crippen molar-refractivity contribution in [3.63, 3.8) is 0 Å². The van der Waals surface area contributed by atoms with Crippen molar-refractivity contribution in [1.29, 1.82) is 0 Å². The summed E-state index contributed by atoms with van der Waals surface area (Å²) in [4.78, 5) is 15.1. The molecule has 45 heavy (non-hydrogen) atoms. The summed E-state index contributed by atoms with van der Waals surface area (Å²) in [6, 6.07) is 58.4. The molecule has 0 atom stereocenters. The molecule has 0 N–H and O–H groups in total. The summed E-state index contributed by atoms with van der Waals surface area (Å²) >= 11 is 0. The van der Waals surface area contributed by atoms with Crippen LogP contribution >= 0.6 is 0 Å². The first kappa shape index (κ1) is 26.5. The van der Waals surface area contributed by atoms with Crippen LogP contribution in [0, 0.1) is 0 Å². The van der Waals surface area contributed by atoms with Crippen LogP contribution in [0.3, 0.4) is 0 Å². The molecule has 0 bridgehead atoms. The lowest BCUT2D eigenvalue weighted by Gasteiger charge is -2.11. The van der Waals surface area contributed by atoms with Crippen LogP contribution < -0.4 is 0 Å². The highest BCUT2D eigenvalue weighted by Gasteiger charge is 2.15. The summed E-state index contributed by atoms with van der Waals surface area (Å²) < 4.78 is 2.23. The van der Waals surface area contributed by atoms with Crippen LogP contribution in [-0.4, -0.2) is 19.5 Å². The zero-order valence-corrected chi connectivity index (χ0v) is 24.5. The third-order valence-electron chi connectivity index (χ3n) is 8.04. The summed E-state index contributed by atoms with van der Waals surface area (Å²) in [7, 11) is 0. The van der Waals surface area contributed by atoms with Gasteiger partial charge in [-0.15, -0.1) is 0 Å². The third-order valence-corrected chi connectivity index (χ3v) is 8.04. The molecule has 4 nitrogen and oxygen atoms in total. The third kappa shape index (κ3) is 5.19. The molecule has 0 aliphatic carbocycles. The Morgan fingerprint density at radius 1 is 0.356 bits per heavy atom. The van der Waals surface area contributed by atoms with Crippen molar-refractivity contribution in [3.05, 3.63) is 170 Å². The van der Waals surface area contributed by atoms with Crippen LogP contribution in [0.4, 0.5) is 0 Å². The second-order valence-corrected chi connectivity index (χ2v) is 10.9. The number of rotatable bonds is 6. The van der Waals surface area contributed by atoms with E-state index in [-0.39, 0.29) is 0 Å². The largest absolute Gasteiger partial charge is 0.292 e. The molecule has 0 aliphatic heterocycles. The number of aromatic nitrogens is 4. The second kappa shape index (κ2) is 11.5. The fraction of sp³-hybridized carbons (Fsp3) is 0. The normalized spacial score (nSPS) is 11.1. The minimum absolute atomic E-state index is 0.699. The fourth-order valence-electron chi connectivity index (χ4n) is 5.80. The number of imidazole rings is 1. The van der Waals surface area contributed by atoms with Gasteiger partial charge in [-0.05, 0) is 47.5 Å². The molecule has 8 rings (SSSR count). The Bertz CT molecular complexity index is 2180. The van der Waals surface area contributed by atoms with Gasteiger partial charge in [0.1, 0.15) is 5.82 Å². The molecule has 8 aromatic rings. The Morgan fingerprint density at radius 3 is 1.56 bits per heavy atom. The van der Waals surface area contributed by atoms with Crippen LogP contribution in [0.25, 0.3) is 73.1 Å². The molecular weight excluding hydrogens is 548 g/mol. The van der Waals surface area contributed by atoms with E-state index in [1.165, 1.54) is 0 Å². The Kier molecular flexibility index (Phi) is 6.78. The molecule has 0 unspecified atom stereocenters. The van der Waals surface area contributed by atoms with Gasteiger partial charge in [-0.3, -0.25) is 4.57 Å². The topological polar surface area (TPSA) is 43.6 Å². The number of hydrogen-bond acceptors (Lipinski definition) is 3. The Hall–Kier alpha value is -6.13. The molecule has 2 heterocycles. The number of hydrogen-bond donors (Lipinski definition) is 0. The van der Waals surface area contributed by atoms with E-state index in [1.807, 2.05) is 48.5 Å². The molecule has 0 fully saturated rings. The van der Waals surface area contributed by atoms with Gasteiger partial charge >= 0.3 is 0 Å². The molecule has 0 amide bonds. The summed E-state index contributed by atoms with van der Waals surface area (Å²) in [6.45, 7) is 0. The predicted octanol–water partition coefficient (Wildman–Crippen LogP) is 10.2. The van der Waals surface area contributed by atoms with E-state index in [0.29, 0.717) is 5.82 Å². The highest BCUT2D eigenvalue weighted by molar-refractivity contribution is 5.84. The van der Waals surface area contributed by atoms with Gasteiger partial charge in [0.25, 0.3) is 0 Å². The molecule has 0 saturated carbocycles. The van der Waals surface area contributed by atoms with Crippen LogP contribution in [0.1, 0.15) is 0 Å². The maximum Gasteiger partial charge on any atom is 0.160 e. The van der Waals surface area contributed by atoms with Crippen LogP contribution in [0.2, 0.25) is 0 Å². The van der Waals surface area contributed by atoms with Crippen molar-refractivity contribution in [2.45, 2.75) is 0 Å². The van der Waals surface area contributed by atoms with E-state index in [9.17, 15) is 0 Å². The maximum absolute atomic E-state index is 5.03. The van der Waals surface area contributed by atoms with Gasteiger partial charge in [0, 0.05) is 27.9 Å². The lowest BCUT2D eigenvalue weighted by molar-refractivity contribution is 1.10. The van der Waals surface area contributed by atoms with Crippen LogP contribution in [0.15, 0.2) is 170 Å². The quantitative estimate of drug-likeness (QED) is 0.198. The van der Waals surface area contributed by atoms with E-state index < -0.39 is 0 Å². The first-order chi connectivity index (χ1) is 22.3. The standard InChI is InChI=1S/C41H28N4/c1-4-13-30(14-5-1)37-28-38(31-15-6-2-7-16-31)43-40(42-37)34-18-12-17-33(27-34)29-23-25-32(26-24-29)41-44-36-21-10-11-22-39(36)45(41)35-19-8-3-9-20-35/h1-28H. The molecule has 0 radical (unpaired) electrons. The van der Waals surface area contributed by atoms with Crippen LogP contribution in [0.5, 0.6) is 0 Å². The maximum atomic E-state index is 5.03. The van der Waals surface area contributed by atoms with Gasteiger partial charge < -0.3 is 0 Å². The van der Waals surface area contributed by atoms with Crippen molar-refractivity contribution < 1.29 is 0 Å². The second-order valence-electron chi connectivity index (χ2n) is 10.9. The first-order valence-electron chi connectivity index (χ1n) is 15.0. The van der Waals surface area contributed by atoms with Gasteiger partial charge in [0.05, 0.1) is 22.4 Å². The van der Waals surface area contributed by atoms with Crippen molar-refractivity contribution in [2.75, 3.05) is 0 Å². The van der Waals surface area contributed by atoms with E-state index in [2.05, 4.69) is 126 Å². The van der Waals surface area contributed by atoms with E-state index in [4.69, 9.17) is 15.0 Å². The zero-order chi connectivity index (χ0) is 30.0. The lowest BCUT2D eigenvalue weighted by atomic mass is 10.0. The van der Waals surface area contributed by atoms with Gasteiger partial charge in [-0.2, -0.15) is 0 Å². The molecule has 0 spiro atoms. The molecule has 212 valence electrons. The Labute approximate surface area is 262 Å². The SMILES string of the molecule is c1ccc(-c2cc(-c3ccccc3)nc(-c3cccc(-c4ccc(-c5nc6ccccc6n5-c5ccccc5)cc4)c3)n2)cc1. The molecular formula is C41H28N4. The molecule has 4 heteroatoms. The monoisotopic (exact) mass is 576 g/mol. The molecule has 0 aliphatic rings. The number of para-hydroxylation sites is 3. The number of fused-ring (bicyclic) bond motifs is 1. The highest BCUT2D eigenvalue weighted by atomic mass is 15.1. The average molecular weight is 577 g/mol. The van der Waals surface area contributed by atoms with E-state index in [1.54, 1.807) is 0 Å². The van der Waals surface area contributed by atoms with Gasteiger partial charge in [-0.25, -0.2) is 15.0 Å². The first-order valence-corrected chi connectivity index (χ1v) is 15.0. The smallest absolute Gasteiger partial charge is 0.160 e. The van der Waals surface area contributed by atoms with Gasteiger partial charge in [0.2, 0.25) is 0 Å². The van der Waals surface area contributed by atoms with E-state index >= 15 is 0 Å². The van der Waals surface area contributed by atoms with Crippen molar-refractivity contribution in [3.8, 4) is 62.1 Å². The Balaban J connectivity index is 1.18. The predicted molar refractivity (Wildman–Crippen MR) is 184 cm³/mol. The molecule has 6 aromatic carbocycles. The van der Waals surface area contributed by atoms with Crippen molar-refractivity contribution in [2.24, 2.45) is 0 Å². The number of nitrogens with zero attached hydrogens (tertiary/aromatic N) is 4. The van der Waals surface area contributed by atoms with Crippen LogP contribution in [-0.2, 0) is 0 Å². The minimum atomic E-state index is 0.699. The fourth-order valence-corrected chi connectivity index (χ4v) is 5.80. The summed E-state index contributed by atoms with van der Waals surface area (Å²) in [5.41, 5.74) is 11.3. The van der Waals surface area contributed by atoms with E-state index in [0.717, 1.165) is 67.3 Å². The number of benzene rings is 6. The van der Waals surface area contributed by atoms with Gasteiger partial charge in [0.15, 0.2) is 5.82 Å². The molecule has 0 saturated heterocycles.